The first-order valence-corrected chi connectivity index (χ1v) is 5.96. The summed E-state index contributed by atoms with van der Waals surface area (Å²) in [6.07, 6.45) is 0. The number of rotatable bonds is 0. The number of thiophene rings is 1. The van der Waals surface area contributed by atoms with E-state index < -0.39 is 15.9 Å². The maximum atomic E-state index is 11.1. The summed E-state index contributed by atoms with van der Waals surface area (Å²) in [7, 11) is -3.55. The minimum atomic E-state index is -3.55. The highest BCUT2D eigenvalue weighted by molar-refractivity contribution is 9.11. The molecule has 64 valence electrons. The molecule has 1 amide bonds. The molecule has 1 aliphatic rings. The summed E-state index contributed by atoms with van der Waals surface area (Å²) in [5.74, 6) is -0.541. The fraction of sp³-hybridized carbons (Fsp3) is 0. The van der Waals surface area contributed by atoms with Crippen molar-refractivity contribution in [2.45, 2.75) is 4.90 Å². The fourth-order valence-electron chi connectivity index (χ4n) is 0.927. The van der Waals surface area contributed by atoms with Gasteiger partial charge in [0.05, 0.1) is 3.79 Å². The number of fused-ring (bicyclic) bond motifs is 1. The third-order valence-electron chi connectivity index (χ3n) is 1.39. The summed E-state index contributed by atoms with van der Waals surface area (Å²) in [4.78, 5) is 11.3. The summed E-state index contributed by atoms with van der Waals surface area (Å²) in [5.41, 5.74) is 0. The van der Waals surface area contributed by atoms with Gasteiger partial charge in [0.25, 0.3) is 15.9 Å². The Bertz CT molecular complexity index is 461. The zero-order chi connectivity index (χ0) is 8.93. The van der Waals surface area contributed by atoms with Gasteiger partial charge in [0, 0.05) is 0 Å². The lowest BCUT2D eigenvalue weighted by Gasteiger charge is -1.90. The summed E-state index contributed by atoms with van der Waals surface area (Å²) >= 11 is 4.22. The van der Waals surface area contributed by atoms with Crippen LogP contribution in [0.5, 0.6) is 0 Å². The molecule has 7 heteroatoms. The number of carbonyl (C=O) groups excluding carboxylic acids is 1. The van der Waals surface area contributed by atoms with Crippen molar-refractivity contribution >= 4 is 43.2 Å². The van der Waals surface area contributed by atoms with Crippen LogP contribution < -0.4 is 4.72 Å². The standard InChI is InChI=1S/C5H2BrNO3S2/c6-3-1-2-4(11-3)5(8)7-12(2,9)10/h1H,(H,7,8). The Morgan fingerprint density at radius 1 is 1.50 bits per heavy atom. The first kappa shape index (κ1) is 8.21. The first-order valence-electron chi connectivity index (χ1n) is 2.87. The summed E-state index contributed by atoms with van der Waals surface area (Å²) in [5, 5.41) is 0. The average Bonchev–Trinajstić information content (AvgIpc) is 2.37. The van der Waals surface area contributed by atoms with Gasteiger partial charge in [-0.1, -0.05) is 0 Å². The van der Waals surface area contributed by atoms with E-state index in [9.17, 15) is 13.2 Å². The third kappa shape index (κ3) is 1.00. The van der Waals surface area contributed by atoms with Crippen LogP contribution in [0.3, 0.4) is 0 Å². The quantitative estimate of drug-likeness (QED) is 0.761. The van der Waals surface area contributed by atoms with Crippen LogP contribution in [0.25, 0.3) is 0 Å². The van der Waals surface area contributed by atoms with Crippen molar-refractivity contribution in [2.75, 3.05) is 0 Å². The fourth-order valence-corrected chi connectivity index (χ4v) is 4.13. The Labute approximate surface area is 80.8 Å². The summed E-state index contributed by atoms with van der Waals surface area (Å²) in [6.45, 7) is 0. The predicted molar refractivity (Wildman–Crippen MR) is 46.7 cm³/mol. The van der Waals surface area contributed by atoms with Crippen molar-refractivity contribution in [3.63, 3.8) is 0 Å². The second-order valence-corrected chi connectivity index (χ2v) is 6.26. The van der Waals surface area contributed by atoms with Crippen LogP contribution in [0.1, 0.15) is 9.67 Å². The molecule has 12 heavy (non-hydrogen) atoms. The highest BCUT2D eigenvalue weighted by Crippen LogP contribution is 2.33. The highest BCUT2D eigenvalue weighted by Gasteiger charge is 2.34. The van der Waals surface area contributed by atoms with E-state index in [4.69, 9.17) is 0 Å². The summed E-state index contributed by atoms with van der Waals surface area (Å²) < 4.78 is 24.8. The maximum absolute atomic E-state index is 11.1. The number of carbonyl (C=O) groups is 1. The Morgan fingerprint density at radius 3 is 2.75 bits per heavy atom. The van der Waals surface area contributed by atoms with Crippen LogP contribution in [0, 0.1) is 0 Å². The lowest BCUT2D eigenvalue weighted by Crippen LogP contribution is -2.20. The molecule has 4 nitrogen and oxygen atoms in total. The van der Waals surface area contributed by atoms with Gasteiger partial charge in [-0.25, -0.2) is 13.1 Å². The molecule has 1 N–H and O–H groups in total. The second-order valence-electron chi connectivity index (χ2n) is 2.18. The molecule has 0 unspecified atom stereocenters. The van der Waals surface area contributed by atoms with E-state index in [0.29, 0.717) is 3.79 Å². The molecule has 1 aromatic heterocycles. The van der Waals surface area contributed by atoms with Crippen LogP contribution >= 0.6 is 27.3 Å². The average molecular weight is 268 g/mol. The van der Waals surface area contributed by atoms with Gasteiger partial charge in [-0.05, 0) is 22.0 Å². The van der Waals surface area contributed by atoms with Crippen molar-refractivity contribution in [1.29, 1.82) is 0 Å². The number of hydrogen-bond acceptors (Lipinski definition) is 4. The van der Waals surface area contributed by atoms with Gasteiger partial charge in [-0.2, -0.15) is 0 Å². The molecule has 0 saturated heterocycles. The molecule has 0 bridgehead atoms. The lowest BCUT2D eigenvalue weighted by molar-refractivity contribution is 0.0989. The van der Waals surface area contributed by atoms with Gasteiger partial charge in [0.1, 0.15) is 9.77 Å². The largest absolute Gasteiger partial charge is 0.276 e. The Morgan fingerprint density at radius 2 is 2.17 bits per heavy atom. The van der Waals surface area contributed by atoms with E-state index in [1.165, 1.54) is 6.07 Å². The van der Waals surface area contributed by atoms with Crippen molar-refractivity contribution in [3.05, 3.63) is 14.7 Å². The molecule has 1 aromatic rings. The molecule has 2 rings (SSSR count). The van der Waals surface area contributed by atoms with E-state index in [1.807, 2.05) is 4.72 Å². The lowest BCUT2D eigenvalue weighted by atomic mass is 10.5. The van der Waals surface area contributed by atoms with Gasteiger partial charge in [0.2, 0.25) is 0 Å². The van der Waals surface area contributed by atoms with E-state index in [-0.39, 0.29) is 9.77 Å². The molecule has 0 aliphatic carbocycles. The molecule has 2 heterocycles. The number of hydrogen-bond donors (Lipinski definition) is 1. The summed E-state index contributed by atoms with van der Waals surface area (Å²) in [6, 6.07) is 1.42. The van der Waals surface area contributed by atoms with Gasteiger partial charge >= 0.3 is 0 Å². The Balaban J connectivity index is 2.81. The van der Waals surface area contributed by atoms with Crippen LogP contribution in [0.15, 0.2) is 14.7 Å². The predicted octanol–water partition coefficient (Wildman–Crippen LogP) is 0.943. The zero-order valence-electron chi connectivity index (χ0n) is 5.50. The van der Waals surface area contributed by atoms with Crippen LogP contribution in [0.2, 0.25) is 0 Å². The minimum Gasteiger partial charge on any atom is -0.267 e. The van der Waals surface area contributed by atoms with Gasteiger partial charge in [-0.3, -0.25) is 4.79 Å². The Hall–Kier alpha value is -0.400. The topological polar surface area (TPSA) is 63.2 Å². The highest BCUT2D eigenvalue weighted by atomic mass is 79.9. The van der Waals surface area contributed by atoms with Crippen molar-refractivity contribution in [2.24, 2.45) is 0 Å². The third-order valence-corrected chi connectivity index (χ3v) is 4.51. The zero-order valence-corrected chi connectivity index (χ0v) is 8.72. The van der Waals surface area contributed by atoms with Crippen molar-refractivity contribution < 1.29 is 13.2 Å². The second kappa shape index (κ2) is 2.30. The van der Waals surface area contributed by atoms with Crippen molar-refractivity contribution in [1.82, 2.24) is 4.72 Å². The van der Waals surface area contributed by atoms with Crippen LogP contribution in [-0.4, -0.2) is 14.3 Å². The molecule has 1 aliphatic heterocycles. The monoisotopic (exact) mass is 267 g/mol. The molecule has 0 radical (unpaired) electrons. The van der Waals surface area contributed by atoms with E-state index in [1.54, 1.807) is 0 Å². The molecule has 0 fully saturated rings. The minimum absolute atomic E-state index is 0.0735. The van der Waals surface area contributed by atoms with Gasteiger partial charge < -0.3 is 0 Å². The molecule has 0 spiro atoms. The molecule has 0 atom stereocenters. The van der Waals surface area contributed by atoms with Crippen LogP contribution in [-0.2, 0) is 10.0 Å². The van der Waals surface area contributed by atoms with Crippen molar-refractivity contribution in [3.8, 4) is 0 Å². The number of halogens is 1. The number of amides is 1. The molecule has 0 aromatic carbocycles. The smallest absolute Gasteiger partial charge is 0.267 e. The molecule has 0 saturated carbocycles. The molecular weight excluding hydrogens is 266 g/mol. The molecular formula is C5H2BrNO3S2. The van der Waals surface area contributed by atoms with E-state index >= 15 is 0 Å². The maximum Gasteiger partial charge on any atom is 0.276 e. The number of nitrogens with one attached hydrogen (secondary N) is 1. The first-order chi connectivity index (χ1) is 5.50. The Kier molecular flexibility index (Phi) is 1.57. The van der Waals surface area contributed by atoms with E-state index in [2.05, 4.69) is 15.9 Å². The normalized spacial score (nSPS) is 18.9. The van der Waals surface area contributed by atoms with Gasteiger partial charge in [0.15, 0.2) is 0 Å². The SMILES string of the molecule is O=C1NS(=O)(=O)c2cc(Br)sc21. The number of sulfonamides is 1. The van der Waals surface area contributed by atoms with E-state index in [0.717, 1.165) is 11.3 Å². The van der Waals surface area contributed by atoms with Crippen LogP contribution in [0.4, 0.5) is 0 Å². The van der Waals surface area contributed by atoms with Gasteiger partial charge in [-0.15, -0.1) is 11.3 Å².